The Morgan fingerprint density at radius 2 is 2.00 bits per heavy atom. The van der Waals surface area contributed by atoms with Crippen LogP contribution in [0.15, 0.2) is 29.6 Å². The number of rotatable bonds is 3. The minimum absolute atomic E-state index is 0.285. The Hall–Kier alpha value is -2.02. The number of alkyl halides is 3. The van der Waals surface area contributed by atoms with Crippen LogP contribution in [0.2, 0.25) is 0 Å². The summed E-state index contributed by atoms with van der Waals surface area (Å²) in [6.07, 6.45) is -5.33. The van der Waals surface area contributed by atoms with Crippen LogP contribution in [-0.2, 0) is 10.9 Å². The number of aryl methyl sites for hydroxylation is 1. The summed E-state index contributed by atoms with van der Waals surface area (Å²) in [6, 6.07) is 5.04. The van der Waals surface area contributed by atoms with Gasteiger partial charge in [-0.05, 0) is 38.5 Å². The zero-order chi connectivity index (χ0) is 17.2. The van der Waals surface area contributed by atoms with Gasteiger partial charge in [0.05, 0.1) is 17.4 Å². The highest BCUT2D eigenvalue weighted by Crippen LogP contribution is 2.39. The lowest BCUT2D eigenvalue weighted by Crippen LogP contribution is -2.18. The normalized spacial score (nSPS) is 11.6. The second kappa shape index (κ2) is 6.62. The van der Waals surface area contributed by atoms with Crippen molar-refractivity contribution in [3.63, 3.8) is 0 Å². The fourth-order valence-electron chi connectivity index (χ4n) is 2.11. The van der Waals surface area contributed by atoms with E-state index in [2.05, 4.69) is 5.32 Å². The molecule has 0 atom stereocenters. The van der Waals surface area contributed by atoms with Gasteiger partial charge in [0.15, 0.2) is 0 Å². The lowest BCUT2D eigenvalue weighted by Gasteiger charge is -2.12. The van der Waals surface area contributed by atoms with Gasteiger partial charge in [-0.1, -0.05) is 12.1 Å². The Kier molecular flexibility index (Phi) is 4.99. The summed E-state index contributed by atoms with van der Waals surface area (Å²) in [5.74, 6) is 0. The molecule has 1 amide bonds. The third-order valence-corrected chi connectivity index (χ3v) is 3.94. The molecule has 0 aliphatic carbocycles. The molecule has 0 aliphatic heterocycles. The summed E-state index contributed by atoms with van der Waals surface area (Å²) < 4.78 is 43.6. The van der Waals surface area contributed by atoms with E-state index in [0.29, 0.717) is 16.8 Å². The van der Waals surface area contributed by atoms with E-state index in [0.717, 1.165) is 17.0 Å². The third kappa shape index (κ3) is 4.25. The molecular formula is C16H16F3NO2S. The number of hydrogen-bond donors (Lipinski definition) is 1. The first-order chi connectivity index (χ1) is 10.7. The number of carbonyl (C=O) groups is 1. The van der Waals surface area contributed by atoms with Gasteiger partial charge in [0.2, 0.25) is 0 Å². The molecule has 7 heteroatoms. The van der Waals surface area contributed by atoms with Crippen molar-refractivity contribution in [1.82, 2.24) is 0 Å². The summed E-state index contributed by atoms with van der Waals surface area (Å²) in [4.78, 5) is 12.5. The van der Waals surface area contributed by atoms with Gasteiger partial charge >= 0.3 is 12.3 Å². The first-order valence-electron chi connectivity index (χ1n) is 6.92. The number of thiophene rings is 1. The van der Waals surface area contributed by atoms with Gasteiger partial charge in [-0.2, -0.15) is 13.2 Å². The molecule has 0 bridgehead atoms. The first kappa shape index (κ1) is 17.3. The summed E-state index contributed by atoms with van der Waals surface area (Å²) >= 11 is 1.35. The number of amides is 1. The maximum absolute atomic E-state index is 12.9. The molecule has 0 unspecified atom stereocenters. The molecule has 1 aromatic carbocycles. The molecule has 2 aromatic rings. The number of carbonyl (C=O) groups excluding carboxylic acids is 1. The van der Waals surface area contributed by atoms with E-state index in [1.54, 1.807) is 32.2 Å². The van der Waals surface area contributed by atoms with Crippen molar-refractivity contribution in [3.8, 4) is 11.1 Å². The van der Waals surface area contributed by atoms with Crippen LogP contribution in [0, 0.1) is 6.92 Å². The first-order valence-corrected chi connectivity index (χ1v) is 7.80. The number of anilines is 1. The molecule has 124 valence electrons. The zero-order valence-corrected chi connectivity index (χ0v) is 13.6. The van der Waals surface area contributed by atoms with Gasteiger partial charge in [-0.25, -0.2) is 4.79 Å². The average molecular weight is 343 g/mol. The third-order valence-electron chi connectivity index (χ3n) is 3.03. The lowest BCUT2D eigenvalue weighted by molar-refractivity contribution is -0.137. The molecule has 1 aromatic heterocycles. The summed E-state index contributed by atoms with van der Waals surface area (Å²) in [5.41, 5.74) is 0.689. The number of halogens is 3. The van der Waals surface area contributed by atoms with E-state index in [9.17, 15) is 18.0 Å². The van der Waals surface area contributed by atoms with Crippen molar-refractivity contribution in [2.45, 2.75) is 33.1 Å². The maximum Gasteiger partial charge on any atom is 0.416 e. The summed E-state index contributed by atoms with van der Waals surface area (Å²) in [5, 5.41) is 4.27. The number of hydrogen-bond acceptors (Lipinski definition) is 3. The number of benzene rings is 1. The van der Waals surface area contributed by atoms with E-state index in [-0.39, 0.29) is 6.10 Å². The van der Waals surface area contributed by atoms with Crippen LogP contribution in [0.3, 0.4) is 0 Å². The highest BCUT2D eigenvalue weighted by atomic mass is 32.1. The quantitative estimate of drug-likeness (QED) is 0.776. The van der Waals surface area contributed by atoms with Crippen molar-refractivity contribution < 1.29 is 22.7 Å². The molecule has 23 heavy (non-hydrogen) atoms. The molecule has 2 rings (SSSR count). The molecule has 0 fully saturated rings. The van der Waals surface area contributed by atoms with Crippen LogP contribution in [-0.4, -0.2) is 12.2 Å². The smallest absolute Gasteiger partial charge is 0.416 e. The highest BCUT2D eigenvalue weighted by Gasteiger charge is 2.30. The van der Waals surface area contributed by atoms with E-state index in [1.165, 1.54) is 17.4 Å². The van der Waals surface area contributed by atoms with Crippen LogP contribution in [0.1, 0.15) is 24.3 Å². The number of nitrogens with one attached hydrogen (secondary N) is 1. The van der Waals surface area contributed by atoms with E-state index in [4.69, 9.17) is 4.74 Å². The molecule has 0 aliphatic rings. The van der Waals surface area contributed by atoms with Crippen molar-refractivity contribution in [3.05, 3.63) is 40.1 Å². The molecular weight excluding hydrogens is 327 g/mol. The predicted molar refractivity (Wildman–Crippen MR) is 84.7 cm³/mol. The minimum atomic E-state index is -4.41. The Bertz CT molecular complexity index is 708. The average Bonchev–Trinajstić information content (AvgIpc) is 2.78. The van der Waals surface area contributed by atoms with Crippen LogP contribution in [0.25, 0.3) is 11.1 Å². The lowest BCUT2D eigenvalue weighted by atomic mass is 10.0. The highest BCUT2D eigenvalue weighted by molar-refractivity contribution is 7.11. The van der Waals surface area contributed by atoms with Gasteiger partial charge in [0.25, 0.3) is 0 Å². The van der Waals surface area contributed by atoms with Gasteiger partial charge in [-0.3, -0.25) is 5.32 Å². The number of ether oxygens (including phenoxy) is 1. The standard InChI is InChI=1S/C16H16F3NO2S/c1-9(2)22-15(21)20-13-8-23-10(3)14(13)11-5-4-6-12(7-11)16(17,18)19/h4-9H,1-3H3,(H,20,21). The van der Waals surface area contributed by atoms with Crippen molar-refractivity contribution in [2.24, 2.45) is 0 Å². The Balaban J connectivity index is 2.37. The van der Waals surface area contributed by atoms with Gasteiger partial charge in [0, 0.05) is 15.8 Å². The van der Waals surface area contributed by atoms with Gasteiger partial charge in [0.1, 0.15) is 0 Å². The molecule has 0 saturated heterocycles. The van der Waals surface area contributed by atoms with Crippen LogP contribution < -0.4 is 5.32 Å². The fraction of sp³-hybridized carbons (Fsp3) is 0.312. The fourth-order valence-corrected chi connectivity index (χ4v) is 2.93. The monoisotopic (exact) mass is 343 g/mol. The van der Waals surface area contributed by atoms with E-state index < -0.39 is 17.8 Å². The van der Waals surface area contributed by atoms with E-state index in [1.807, 2.05) is 0 Å². The predicted octanol–water partition coefficient (Wildman–Crippen LogP) is 5.70. The molecule has 3 nitrogen and oxygen atoms in total. The van der Waals surface area contributed by atoms with E-state index >= 15 is 0 Å². The second-order valence-electron chi connectivity index (χ2n) is 5.24. The van der Waals surface area contributed by atoms with Crippen molar-refractivity contribution in [2.75, 3.05) is 5.32 Å². The second-order valence-corrected chi connectivity index (χ2v) is 6.32. The van der Waals surface area contributed by atoms with Crippen LogP contribution in [0.4, 0.5) is 23.7 Å². The largest absolute Gasteiger partial charge is 0.447 e. The van der Waals surface area contributed by atoms with Gasteiger partial charge < -0.3 is 4.74 Å². The van der Waals surface area contributed by atoms with Crippen LogP contribution in [0.5, 0.6) is 0 Å². The topological polar surface area (TPSA) is 38.3 Å². The minimum Gasteiger partial charge on any atom is -0.447 e. The SMILES string of the molecule is Cc1scc(NC(=O)OC(C)C)c1-c1cccc(C(F)(F)F)c1. The summed E-state index contributed by atoms with van der Waals surface area (Å²) in [6.45, 7) is 5.22. The maximum atomic E-state index is 12.9. The van der Waals surface area contributed by atoms with Crippen molar-refractivity contribution >= 4 is 23.1 Å². The molecule has 1 N–H and O–H groups in total. The Labute approximate surface area is 136 Å². The van der Waals surface area contributed by atoms with Gasteiger partial charge in [-0.15, -0.1) is 11.3 Å². The molecule has 0 spiro atoms. The Morgan fingerprint density at radius 1 is 1.30 bits per heavy atom. The van der Waals surface area contributed by atoms with Crippen LogP contribution >= 0.6 is 11.3 Å². The van der Waals surface area contributed by atoms with Crippen molar-refractivity contribution in [1.29, 1.82) is 0 Å². The molecule has 0 saturated carbocycles. The summed E-state index contributed by atoms with van der Waals surface area (Å²) in [7, 11) is 0. The molecule has 0 radical (unpaired) electrons. The zero-order valence-electron chi connectivity index (χ0n) is 12.8. The Morgan fingerprint density at radius 3 is 2.61 bits per heavy atom. The molecule has 1 heterocycles.